The number of fused-ring (bicyclic) bond motifs is 2. The van der Waals surface area contributed by atoms with E-state index in [9.17, 15) is 4.79 Å². The average Bonchev–Trinajstić information content (AvgIpc) is 3.58. The summed E-state index contributed by atoms with van der Waals surface area (Å²) >= 11 is 1.76. The lowest BCUT2D eigenvalue weighted by molar-refractivity contribution is -0.131. The van der Waals surface area contributed by atoms with E-state index in [4.69, 9.17) is 0 Å². The SMILES string of the molecule is CC12C=C(Nc3ccnc4[nH]c(C5=CCN(C(=O)CN6CCCC6)CC5)cc34)C=CC1N=CS2. The molecular weight excluding hydrogens is 444 g/mol. The van der Waals surface area contributed by atoms with Crippen molar-refractivity contribution in [1.29, 1.82) is 0 Å². The molecule has 0 bridgehead atoms. The number of anilines is 1. The number of rotatable bonds is 5. The number of hydrogen-bond acceptors (Lipinski definition) is 6. The summed E-state index contributed by atoms with van der Waals surface area (Å²) in [5, 5.41) is 4.67. The van der Waals surface area contributed by atoms with E-state index >= 15 is 0 Å². The molecule has 176 valence electrons. The molecule has 2 aromatic rings. The van der Waals surface area contributed by atoms with Gasteiger partial charge in [-0.3, -0.25) is 14.7 Å². The Labute approximate surface area is 204 Å². The van der Waals surface area contributed by atoms with Crippen molar-refractivity contribution in [2.45, 2.75) is 37.0 Å². The number of aliphatic imine (C=N–C) groups is 1. The van der Waals surface area contributed by atoms with Gasteiger partial charge in [0.2, 0.25) is 5.91 Å². The number of hydrogen-bond donors (Lipinski definition) is 2. The molecule has 5 heterocycles. The Hall–Kier alpha value is -2.84. The third-order valence-electron chi connectivity index (χ3n) is 7.29. The molecule has 0 saturated carbocycles. The summed E-state index contributed by atoms with van der Waals surface area (Å²) in [4.78, 5) is 29.5. The quantitative estimate of drug-likeness (QED) is 0.684. The zero-order valence-corrected chi connectivity index (χ0v) is 20.3. The van der Waals surface area contributed by atoms with Crippen molar-refractivity contribution in [2.75, 3.05) is 38.0 Å². The third-order valence-corrected chi connectivity index (χ3v) is 8.39. The summed E-state index contributed by atoms with van der Waals surface area (Å²) in [6.45, 7) is 6.34. The van der Waals surface area contributed by atoms with Gasteiger partial charge < -0.3 is 15.2 Å². The third kappa shape index (κ3) is 4.09. The van der Waals surface area contributed by atoms with Gasteiger partial charge in [0, 0.05) is 36.1 Å². The van der Waals surface area contributed by atoms with E-state index in [1.54, 1.807) is 11.8 Å². The van der Waals surface area contributed by atoms with Gasteiger partial charge in [-0.25, -0.2) is 4.98 Å². The molecule has 1 aliphatic carbocycles. The maximum atomic E-state index is 12.7. The van der Waals surface area contributed by atoms with Crippen LogP contribution in [-0.4, -0.2) is 74.7 Å². The molecule has 1 amide bonds. The molecule has 3 aliphatic heterocycles. The number of allylic oxidation sites excluding steroid dienone is 1. The van der Waals surface area contributed by atoms with Crippen molar-refractivity contribution in [2.24, 2.45) is 4.99 Å². The molecule has 1 fully saturated rings. The number of aromatic amines is 1. The van der Waals surface area contributed by atoms with E-state index in [1.165, 1.54) is 18.4 Å². The van der Waals surface area contributed by atoms with Crippen molar-refractivity contribution in [3.05, 3.63) is 54.0 Å². The number of likely N-dealkylation sites (tertiary alicyclic amines) is 1. The van der Waals surface area contributed by atoms with Crippen LogP contribution in [0.4, 0.5) is 5.69 Å². The summed E-state index contributed by atoms with van der Waals surface area (Å²) in [5.41, 5.74) is 7.28. The van der Waals surface area contributed by atoms with Gasteiger partial charge in [-0.15, -0.1) is 11.8 Å². The topological polar surface area (TPSA) is 76.6 Å². The molecule has 0 aromatic carbocycles. The van der Waals surface area contributed by atoms with E-state index in [1.807, 2.05) is 22.7 Å². The van der Waals surface area contributed by atoms with Gasteiger partial charge in [-0.2, -0.15) is 0 Å². The fourth-order valence-corrected chi connectivity index (χ4v) is 6.15. The Morgan fingerprint density at radius 1 is 1.32 bits per heavy atom. The molecule has 2 unspecified atom stereocenters. The highest BCUT2D eigenvalue weighted by molar-refractivity contribution is 8.13. The first-order valence-corrected chi connectivity index (χ1v) is 13.0. The maximum Gasteiger partial charge on any atom is 0.237 e. The van der Waals surface area contributed by atoms with Crippen LogP contribution >= 0.6 is 11.8 Å². The van der Waals surface area contributed by atoms with Gasteiger partial charge in [-0.05, 0) is 69.1 Å². The molecule has 1 saturated heterocycles. The zero-order chi connectivity index (χ0) is 23.1. The highest BCUT2D eigenvalue weighted by atomic mass is 32.2. The Kier molecular flexibility index (Phi) is 5.57. The molecule has 2 atom stereocenters. The lowest BCUT2D eigenvalue weighted by Gasteiger charge is -2.28. The Morgan fingerprint density at radius 3 is 3.03 bits per heavy atom. The van der Waals surface area contributed by atoms with Crippen LogP contribution < -0.4 is 5.32 Å². The largest absolute Gasteiger partial charge is 0.355 e. The van der Waals surface area contributed by atoms with Crippen molar-refractivity contribution in [3.8, 4) is 0 Å². The number of pyridine rings is 1. The van der Waals surface area contributed by atoms with Gasteiger partial charge >= 0.3 is 0 Å². The minimum atomic E-state index is -0.0302. The predicted molar refractivity (Wildman–Crippen MR) is 140 cm³/mol. The molecule has 6 rings (SSSR count). The lowest BCUT2D eigenvalue weighted by atomic mass is 9.95. The van der Waals surface area contributed by atoms with Crippen LogP contribution in [0.15, 0.2) is 53.3 Å². The van der Waals surface area contributed by atoms with Crippen LogP contribution in [0.5, 0.6) is 0 Å². The number of thioether (sulfide) groups is 1. The molecule has 0 spiro atoms. The van der Waals surface area contributed by atoms with Gasteiger partial charge in [0.1, 0.15) is 5.65 Å². The van der Waals surface area contributed by atoms with Crippen molar-refractivity contribution in [1.82, 2.24) is 19.8 Å². The van der Waals surface area contributed by atoms with Gasteiger partial charge in [0.25, 0.3) is 0 Å². The van der Waals surface area contributed by atoms with E-state index < -0.39 is 0 Å². The molecule has 7 nitrogen and oxygen atoms in total. The van der Waals surface area contributed by atoms with E-state index in [0.717, 1.165) is 54.2 Å². The summed E-state index contributed by atoms with van der Waals surface area (Å²) < 4.78 is -0.0302. The van der Waals surface area contributed by atoms with Gasteiger partial charge in [-0.1, -0.05) is 12.2 Å². The van der Waals surface area contributed by atoms with Crippen LogP contribution in [0, 0.1) is 0 Å². The number of nitrogens with one attached hydrogen (secondary N) is 2. The number of aromatic nitrogens is 2. The fourth-order valence-electron chi connectivity index (χ4n) is 5.25. The zero-order valence-electron chi connectivity index (χ0n) is 19.5. The first-order valence-electron chi connectivity index (χ1n) is 12.1. The van der Waals surface area contributed by atoms with E-state index in [2.05, 4.69) is 62.5 Å². The summed E-state index contributed by atoms with van der Waals surface area (Å²) in [6.07, 6.45) is 13.9. The van der Waals surface area contributed by atoms with Gasteiger partial charge in [0.05, 0.1) is 28.6 Å². The van der Waals surface area contributed by atoms with Crippen LogP contribution in [0.2, 0.25) is 0 Å². The number of H-pyrrole nitrogens is 1. The van der Waals surface area contributed by atoms with E-state index in [0.29, 0.717) is 13.1 Å². The number of amides is 1. The summed E-state index contributed by atoms with van der Waals surface area (Å²) in [5.74, 6) is 0.248. The van der Waals surface area contributed by atoms with Crippen LogP contribution in [0.3, 0.4) is 0 Å². The van der Waals surface area contributed by atoms with Crippen molar-refractivity contribution >= 4 is 45.5 Å². The second-order valence-electron chi connectivity index (χ2n) is 9.69. The minimum absolute atomic E-state index is 0.0302. The number of carbonyl (C=O) groups is 1. The Balaban J connectivity index is 1.18. The van der Waals surface area contributed by atoms with Crippen LogP contribution in [-0.2, 0) is 4.79 Å². The molecule has 0 radical (unpaired) electrons. The lowest BCUT2D eigenvalue weighted by Crippen LogP contribution is -2.41. The smallest absolute Gasteiger partial charge is 0.237 e. The standard InChI is InChI=1S/C26H30N6OS/c1-26-15-19(4-5-23(26)28-17-34-26)29-21-6-9-27-25-20(21)14-22(30-25)18-7-12-32(13-8-18)24(33)16-31-10-2-3-11-31/h4-7,9,14-15,17,23H,2-3,8,10-13,16H2,1H3,(H2,27,29,30). The normalized spacial score (nSPS) is 26.6. The second-order valence-corrected chi connectivity index (χ2v) is 11.0. The number of carbonyl (C=O) groups excluding carboxylic acids is 1. The Bertz CT molecular complexity index is 1240. The average molecular weight is 475 g/mol. The molecular formula is C26H30N6OS. The number of nitrogens with zero attached hydrogens (tertiary/aromatic N) is 4. The first kappa shape index (κ1) is 21.7. The van der Waals surface area contributed by atoms with E-state index in [-0.39, 0.29) is 16.7 Å². The van der Waals surface area contributed by atoms with Crippen LogP contribution in [0.1, 0.15) is 31.9 Å². The fraction of sp³-hybridized carbons (Fsp3) is 0.423. The molecule has 34 heavy (non-hydrogen) atoms. The Morgan fingerprint density at radius 2 is 2.21 bits per heavy atom. The summed E-state index contributed by atoms with van der Waals surface area (Å²) in [6, 6.07) is 4.41. The van der Waals surface area contributed by atoms with Crippen LogP contribution in [0.25, 0.3) is 16.6 Å². The predicted octanol–water partition coefficient (Wildman–Crippen LogP) is 4.04. The summed E-state index contributed by atoms with van der Waals surface area (Å²) in [7, 11) is 0. The van der Waals surface area contributed by atoms with Gasteiger partial charge in [0.15, 0.2) is 0 Å². The monoisotopic (exact) mass is 474 g/mol. The van der Waals surface area contributed by atoms with Crippen molar-refractivity contribution < 1.29 is 4.79 Å². The molecule has 2 aromatic heterocycles. The maximum absolute atomic E-state index is 12.7. The second kappa shape index (κ2) is 8.74. The minimum Gasteiger partial charge on any atom is -0.355 e. The molecule has 8 heteroatoms. The first-order chi connectivity index (χ1) is 16.6. The highest BCUT2D eigenvalue weighted by Crippen LogP contribution is 2.40. The molecule has 2 N–H and O–H groups in total. The molecule has 4 aliphatic rings. The van der Waals surface area contributed by atoms with Crippen molar-refractivity contribution in [3.63, 3.8) is 0 Å². The highest BCUT2D eigenvalue weighted by Gasteiger charge is 2.36.